The van der Waals surface area contributed by atoms with Gasteiger partial charge in [-0.3, -0.25) is 4.79 Å². The van der Waals surface area contributed by atoms with Gasteiger partial charge in [-0.25, -0.2) is 4.79 Å². The number of hydrogen-bond acceptors (Lipinski definition) is 6. The fourth-order valence-corrected chi connectivity index (χ4v) is 3.71. The lowest BCUT2D eigenvalue weighted by atomic mass is 10.2. The van der Waals surface area contributed by atoms with Crippen molar-refractivity contribution in [2.75, 3.05) is 23.3 Å². The van der Waals surface area contributed by atoms with Gasteiger partial charge in [-0.2, -0.15) is 9.36 Å². The molecule has 0 bridgehead atoms. The monoisotopic (exact) mass is 370 g/mol. The van der Waals surface area contributed by atoms with Crippen LogP contribution in [0.5, 0.6) is 0 Å². The van der Waals surface area contributed by atoms with Crippen LogP contribution < -0.4 is 15.9 Å². The minimum absolute atomic E-state index is 0.182. The highest BCUT2D eigenvalue weighted by Crippen LogP contribution is 2.28. The second-order valence-electron chi connectivity index (χ2n) is 6.04. The van der Waals surface area contributed by atoms with Crippen LogP contribution in [0, 0.1) is 0 Å². The maximum absolute atomic E-state index is 12.4. The van der Waals surface area contributed by atoms with Crippen LogP contribution in [-0.2, 0) is 11.3 Å². The largest absolute Gasteiger partial charge is 0.370 e. The Kier molecular flexibility index (Phi) is 4.53. The number of thiophene rings is 1. The van der Waals surface area contributed by atoms with Crippen molar-refractivity contribution >= 4 is 28.6 Å². The average molecular weight is 370 g/mol. The lowest BCUT2D eigenvalue weighted by molar-refractivity contribution is -0.117. The third-order valence-corrected chi connectivity index (χ3v) is 5.12. The molecule has 8 nitrogen and oxygen atoms in total. The van der Waals surface area contributed by atoms with Gasteiger partial charge in [0.05, 0.1) is 11.4 Å². The molecule has 0 aliphatic carbocycles. The van der Waals surface area contributed by atoms with Gasteiger partial charge in [0, 0.05) is 13.1 Å². The molecule has 2 aromatic heterocycles. The van der Waals surface area contributed by atoms with Crippen LogP contribution in [0.3, 0.4) is 0 Å². The van der Waals surface area contributed by atoms with E-state index in [9.17, 15) is 9.59 Å². The van der Waals surface area contributed by atoms with Crippen LogP contribution in [0.1, 0.15) is 12.8 Å². The summed E-state index contributed by atoms with van der Waals surface area (Å²) < 4.78 is 2.25. The van der Waals surface area contributed by atoms with Crippen molar-refractivity contribution in [1.82, 2.24) is 19.8 Å². The molecular weight excluding hydrogens is 352 g/mol. The first-order valence-corrected chi connectivity index (χ1v) is 9.31. The maximum atomic E-state index is 12.4. The summed E-state index contributed by atoms with van der Waals surface area (Å²) in [5.41, 5.74) is 1.32. The molecule has 9 heteroatoms. The molecule has 26 heavy (non-hydrogen) atoms. The summed E-state index contributed by atoms with van der Waals surface area (Å²) in [5.74, 6) is -0.308. The number of carbonyl (C=O) groups is 1. The molecule has 1 aliphatic heterocycles. The topological polar surface area (TPSA) is 85.0 Å². The molecule has 1 fully saturated rings. The van der Waals surface area contributed by atoms with E-state index in [4.69, 9.17) is 0 Å². The van der Waals surface area contributed by atoms with Gasteiger partial charge in [0.1, 0.15) is 11.5 Å². The smallest absolute Gasteiger partial charge is 0.369 e. The van der Waals surface area contributed by atoms with E-state index in [1.54, 1.807) is 6.07 Å². The molecular formula is C17H18N6O2S. The number of benzene rings is 1. The Hall–Kier alpha value is -2.94. The Labute approximate surface area is 153 Å². The Morgan fingerprint density at radius 3 is 2.69 bits per heavy atom. The van der Waals surface area contributed by atoms with Crippen molar-refractivity contribution in [3.63, 3.8) is 0 Å². The van der Waals surface area contributed by atoms with Crippen molar-refractivity contribution in [1.29, 1.82) is 0 Å². The van der Waals surface area contributed by atoms with Crippen molar-refractivity contribution in [2.45, 2.75) is 19.4 Å². The van der Waals surface area contributed by atoms with Gasteiger partial charge in [0.2, 0.25) is 5.91 Å². The van der Waals surface area contributed by atoms with Crippen molar-refractivity contribution in [3.05, 3.63) is 52.3 Å². The third kappa shape index (κ3) is 3.25. The Morgan fingerprint density at radius 2 is 1.92 bits per heavy atom. The standard InChI is InChI=1S/C17H18N6O2S/c24-15(12-22-17(25)23(20-19-22)16-8-5-11-26-16)18-13-6-1-2-7-14(13)21-9-3-4-10-21/h1-2,5-8,11H,3-4,9-10,12H2,(H,18,24). The Morgan fingerprint density at radius 1 is 1.12 bits per heavy atom. The lowest BCUT2D eigenvalue weighted by Crippen LogP contribution is -2.30. The van der Waals surface area contributed by atoms with E-state index in [1.165, 1.54) is 16.0 Å². The van der Waals surface area contributed by atoms with Gasteiger partial charge in [0.15, 0.2) is 0 Å². The van der Waals surface area contributed by atoms with Crippen LogP contribution in [0.15, 0.2) is 46.6 Å². The summed E-state index contributed by atoms with van der Waals surface area (Å²) in [6.45, 7) is 1.79. The fourth-order valence-electron chi connectivity index (χ4n) is 3.04. The van der Waals surface area contributed by atoms with Gasteiger partial charge in [-0.05, 0) is 52.9 Å². The number of aromatic nitrogens is 4. The second kappa shape index (κ2) is 7.12. The van der Waals surface area contributed by atoms with Gasteiger partial charge in [-0.15, -0.1) is 11.3 Å². The first-order valence-electron chi connectivity index (χ1n) is 8.43. The number of nitrogens with zero attached hydrogens (tertiary/aromatic N) is 5. The molecule has 4 rings (SSSR count). The van der Waals surface area contributed by atoms with E-state index in [1.807, 2.05) is 35.7 Å². The summed E-state index contributed by atoms with van der Waals surface area (Å²) in [4.78, 5) is 27.0. The van der Waals surface area contributed by atoms with E-state index < -0.39 is 5.69 Å². The molecule has 1 amide bonds. The zero-order valence-electron chi connectivity index (χ0n) is 14.0. The van der Waals surface area contributed by atoms with Gasteiger partial charge < -0.3 is 10.2 Å². The quantitative estimate of drug-likeness (QED) is 0.739. The number of hydrogen-bond donors (Lipinski definition) is 1. The zero-order valence-corrected chi connectivity index (χ0v) is 14.9. The molecule has 0 radical (unpaired) electrons. The zero-order chi connectivity index (χ0) is 17.9. The van der Waals surface area contributed by atoms with E-state index >= 15 is 0 Å². The minimum atomic E-state index is -0.435. The van der Waals surface area contributed by atoms with Crippen molar-refractivity contribution < 1.29 is 4.79 Å². The number of nitrogens with one attached hydrogen (secondary N) is 1. The average Bonchev–Trinajstić information content (AvgIpc) is 3.38. The summed E-state index contributed by atoms with van der Waals surface area (Å²) >= 11 is 1.38. The molecule has 0 saturated carbocycles. The number of anilines is 2. The Balaban J connectivity index is 1.49. The maximum Gasteiger partial charge on any atom is 0.369 e. The van der Waals surface area contributed by atoms with Gasteiger partial charge in [0.25, 0.3) is 0 Å². The molecule has 1 N–H and O–H groups in total. The fraction of sp³-hybridized carbons (Fsp3) is 0.294. The highest BCUT2D eigenvalue weighted by molar-refractivity contribution is 7.12. The number of carbonyl (C=O) groups excluding carboxylic acids is 1. The highest BCUT2D eigenvalue weighted by Gasteiger charge is 2.18. The summed E-state index contributed by atoms with van der Waals surface area (Å²) in [6, 6.07) is 11.3. The van der Waals surface area contributed by atoms with Crippen LogP contribution >= 0.6 is 11.3 Å². The predicted octanol–water partition coefficient (Wildman–Crippen LogP) is 1.73. The molecule has 1 saturated heterocycles. The van der Waals surface area contributed by atoms with Crippen LogP contribution in [-0.4, -0.2) is 38.8 Å². The van der Waals surface area contributed by atoms with Gasteiger partial charge in [-0.1, -0.05) is 12.1 Å². The second-order valence-corrected chi connectivity index (χ2v) is 6.97. The van der Waals surface area contributed by atoms with Crippen LogP contribution in [0.25, 0.3) is 5.00 Å². The predicted molar refractivity (Wildman–Crippen MR) is 100 cm³/mol. The van der Waals surface area contributed by atoms with Crippen molar-refractivity contribution in [3.8, 4) is 5.00 Å². The number of para-hydroxylation sites is 2. The number of rotatable bonds is 5. The van der Waals surface area contributed by atoms with Gasteiger partial charge >= 0.3 is 5.69 Å². The lowest BCUT2D eigenvalue weighted by Gasteiger charge is -2.21. The van der Waals surface area contributed by atoms with E-state index in [0.29, 0.717) is 5.00 Å². The SMILES string of the molecule is O=C(Cn1nnn(-c2cccs2)c1=O)Nc1ccccc1N1CCCC1. The molecule has 1 aliphatic rings. The molecule has 0 atom stereocenters. The minimum Gasteiger partial charge on any atom is -0.370 e. The molecule has 1 aromatic carbocycles. The normalized spacial score (nSPS) is 13.9. The highest BCUT2D eigenvalue weighted by atomic mass is 32.1. The number of amides is 1. The summed E-state index contributed by atoms with van der Waals surface area (Å²) in [6.07, 6.45) is 2.31. The third-order valence-electron chi connectivity index (χ3n) is 4.27. The summed E-state index contributed by atoms with van der Waals surface area (Å²) in [5, 5.41) is 13.1. The molecule has 134 valence electrons. The first kappa shape index (κ1) is 16.5. The number of tetrazole rings is 1. The molecule has 3 heterocycles. The molecule has 0 unspecified atom stereocenters. The first-order chi connectivity index (χ1) is 12.7. The van der Waals surface area contributed by atoms with Crippen molar-refractivity contribution in [2.24, 2.45) is 0 Å². The molecule has 3 aromatic rings. The van der Waals surface area contributed by atoms with E-state index in [2.05, 4.69) is 20.6 Å². The van der Waals surface area contributed by atoms with Crippen LogP contribution in [0.4, 0.5) is 11.4 Å². The van der Waals surface area contributed by atoms with Crippen LogP contribution in [0.2, 0.25) is 0 Å². The van der Waals surface area contributed by atoms with E-state index in [0.717, 1.165) is 42.0 Å². The Bertz CT molecular complexity index is 956. The molecule has 0 spiro atoms. The van der Waals surface area contributed by atoms with E-state index in [-0.39, 0.29) is 12.5 Å². The summed E-state index contributed by atoms with van der Waals surface area (Å²) in [7, 11) is 0.